The maximum atomic E-state index is 5.74. The zero-order valence-corrected chi connectivity index (χ0v) is 13.2. The number of nitrogens with zero attached hydrogens (tertiary/aromatic N) is 1. The van der Waals surface area contributed by atoms with Gasteiger partial charge in [0.15, 0.2) is 5.75 Å². The third kappa shape index (κ3) is 2.97. The van der Waals surface area contributed by atoms with Crippen LogP contribution in [0.1, 0.15) is 13.8 Å². The highest BCUT2D eigenvalue weighted by Crippen LogP contribution is 2.44. The molecule has 0 saturated heterocycles. The molecule has 0 unspecified atom stereocenters. The van der Waals surface area contributed by atoms with Crippen molar-refractivity contribution in [1.82, 2.24) is 0 Å². The first-order valence-electron chi connectivity index (χ1n) is 7.32. The lowest BCUT2D eigenvalue weighted by molar-refractivity contribution is 0.397. The fourth-order valence-electron chi connectivity index (χ4n) is 2.62. The second-order valence-corrected chi connectivity index (χ2v) is 4.73. The van der Waals surface area contributed by atoms with Crippen LogP contribution in [0.3, 0.4) is 0 Å². The van der Waals surface area contributed by atoms with E-state index in [0.29, 0.717) is 0 Å². The number of hydrogen-bond acceptors (Lipinski definition) is 3. The Bertz CT molecular complexity index is 577. The van der Waals surface area contributed by atoms with Gasteiger partial charge in [0.2, 0.25) is 0 Å². The summed E-state index contributed by atoms with van der Waals surface area (Å²) in [4.78, 5) is 2.28. The molecule has 3 heteroatoms. The zero-order valence-electron chi connectivity index (χ0n) is 13.2. The maximum Gasteiger partial charge on any atom is 0.153 e. The summed E-state index contributed by atoms with van der Waals surface area (Å²) in [6.45, 7) is 6.17. The summed E-state index contributed by atoms with van der Waals surface area (Å²) in [7, 11) is 3.41. The lowest BCUT2D eigenvalue weighted by Gasteiger charge is -2.26. The lowest BCUT2D eigenvalue weighted by Crippen LogP contribution is -2.22. The minimum Gasteiger partial charge on any atom is -0.496 e. The predicted molar refractivity (Wildman–Crippen MR) is 88.5 cm³/mol. The Morgan fingerprint density at radius 3 is 2.05 bits per heavy atom. The monoisotopic (exact) mass is 285 g/mol. The highest BCUT2D eigenvalue weighted by atomic mass is 16.5. The summed E-state index contributed by atoms with van der Waals surface area (Å²) in [5.74, 6) is 1.69. The van der Waals surface area contributed by atoms with Crippen molar-refractivity contribution in [2.45, 2.75) is 13.8 Å². The predicted octanol–water partition coefficient (Wildman–Crippen LogP) is 4.22. The van der Waals surface area contributed by atoms with Gasteiger partial charge in [0.05, 0.1) is 25.5 Å². The van der Waals surface area contributed by atoms with Crippen molar-refractivity contribution >= 4 is 5.69 Å². The molecule has 0 bridgehead atoms. The van der Waals surface area contributed by atoms with Crippen LogP contribution in [0.2, 0.25) is 0 Å². The molecule has 2 aromatic rings. The Hall–Kier alpha value is -2.16. The quantitative estimate of drug-likeness (QED) is 0.793. The molecule has 0 saturated carbocycles. The molecule has 2 rings (SSSR count). The van der Waals surface area contributed by atoms with Crippen LogP contribution < -0.4 is 14.4 Å². The second-order valence-electron chi connectivity index (χ2n) is 4.73. The molecule has 0 aromatic heterocycles. The van der Waals surface area contributed by atoms with Gasteiger partial charge in [0, 0.05) is 13.1 Å². The van der Waals surface area contributed by atoms with Gasteiger partial charge in [0.1, 0.15) is 5.75 Å². The molecule has 3 nitrogen and oxygen atoms in total. The number of anilines is 1. The van der Waals surface area contributed by atoms with E-state index in [1.54, 1.807) is 14.2 Å². The molecule has 0 fully saturated rings. The summed E-state index contributed by atoms with van der Waals surface area (Å²) in [5.41, 5.74) is 3.20. The maximum absolute atomic E-state index is 5.74. The molecule has 0 atom stereocenters. The molecule has 112 valence electrons. The van der Waals surface area contributed by atoms with Gasteiger partial charge in [-0.15, -0.1) is 0 Å². The first-order valence-corrected chi connectivity index (χ1v) is 7.32. The molecule has 0 aliphatic heterocycles. The van der Waals surface area contributed by atoms with E-state index in [4.69, 9.17) is 9.47 Å². The summed E-state index contributed by atoms with van der Waals surface area (Å²) in [6, 6.07) is 14.3. The first-order chi connectivity index (χ1) is 10.3. The molecule has 0 amide bonds. The van der Waals surface area contributed by atoms with E-state index in [1.807, 2.05) is 24.3 Å². The third-order valence-electron chi connectivity index (χ3n) is 3.69. The highest BCUT2D eigenvalue weighted by Gasteiger charge is 2.19. The summed E-state index contributed by atoms with van der Waals surface area (Å²) in [6.07, 6.45) is 0. The number of methoxy groups -OCH3 is 2. The molecule has 0 aliphatic carbocycles. The number of hydrogen-bond donors (Lipinski definition) is 0. The average molecular weight is 285 g/mol. The largest absolute Gasteiger partial charge is 0.496 e. The second kappa shape index (κ2) is 7.02. The number of ether oxygens (including phenoxy) is 2. The van der Waals surface area contributed by atoms with Crippen molar-refractivity contribution in [3.8, 4) is 22.6 Å². The normalized spacial score (nSPS) is 10.3. The van der Waals surface area contributed by atoms with Crippen LogP contribution >= 0.6 is 0 Å². The molecule has 0 spiro atoms. The summed E-state index contributed by atoms with van der Waals surface area (Å²) in [5, 5.41) is 0. The van der Waals surface area contributed by atoms with E-state index in [1.165, 1.54) is 0 Å². The van der Waals surface area contributed by atoms with Crippen LogP contribution in [-0.4, -0.2) is 27.3 Å². The Morgan fingerprint density at radius 1 is 0.857 bits per heavy atom. The van der Waals surface area contributed by atoms with Crippen molar-refractivity contribution in [2.75, 3.05) is 32.2 Å². The van der Waals surface area contributed by atoms with Gasteiger partial charge in [-0.05, 0) is 31.5 Å². The number of rotatable bonds is 6. The Labute approximate surface area is 127 Å². The van der Waals surface area contributed by atoms with Crippen molar-refractivity contribution in [3.63, 3.8) is 0 Å². The van der Waals surface area contributed by atoms with E-state index < -0.39 is 0 Å². The van der Waals surface area contributed by atoms with Crippen LogP contribution in [0.15, 0.2) is 42.5 Å². The molecule has 2 aromatic carbocycles. The van der Waals surface area contributed by atoms with Crippen LogP contribution in [0.4, 0.5) is 5.69 Å². The third-order valence-corrected chi connectivity index (χ3v) is 3.69. The first kappa shape index (κ1) is 15.2. The lowest BCUT2D eigenvalue weighted by atomic mass is 10.0. The van der Waals surface area contributed by atoms with Gasteiger partial charge in [-0.2, -0.15) is 0 Å². The Balaban J connectivity index is 2.68. The van der Waals surface area contributed by atoms with Gasteiger partial charge in [-0.25, -0.2) is 0 Å². The smallest absolute Gasteiger partial charge is 0.153 e. The van der Waals surface area contributed by atoms with Crippen molar-refractivity contribution in [2.24, 2.45) is 0 Å². The van der Waals surface area contributed by atoms with E-state index in [0.717, 1.165) is 41.4 Å². The van der Waals surface area contributed by atoms with E-state index in [9.17, 15) is 0 Å². The van der Waals surface area contributed by atoms with E-state index in [-0.39, 0.29) is 0 Å². The van der Waals surface area contributed by atoms with Gasteiger partial charge in [0.25, 0.3) is 0 Å². The van der Waals surface area contributed by atoms with E-state index >= 15 is 0 Å². The molecule has 0 N–H and O–H groups in total. The van der Waals surface area contributed by atoms with E-state index in [2.05, 4.69) is 36.9 Å². The minimum absolute atomic E-state index is 0.828. The van der Waals surface area contributed by atoms with Crippen molar-refractivity contribution in [3.05, 3.63) is 42.5 Å². The highest BCUT2D eigenvalue weighted by molar-refractivity contribution is 5.83. The van der Waals surface area contributed by atoms with Crippen molar-refractivity contribution < 1.29 is 9.47 Å². The van der Waals surface area contributed by atoms with Crippen LogP contribution in [0.25, 0.3) is 11.1 Å². The molecule has 0 aliphatic rings. The summed E-state index contributed by atoms with van der Waals surface area (Å²) >= 11 is 0. The minimum atomic E-state index is 0.828. The topological polar surface area (TPSA) is 21.7 Å². The van der Waals surface area contributed by atoms with Crippen LogP contribution in [0, 0.1) is 0 Å². The van der Waals surface area contributed by atoms with Gasteiger partial charge >= 0.3 is 0 Å². The molecular formula is C18H23NO2. The average Bonchev–Trinajstić information content (AvgIpc) is 2.56. The fraction of sp³-hybridized carbons (Fsp3) is 0.333. The Kier molecular flexibility index (Phi) is 5.09. The molecular weight excluding hydrogens is 262 g/mol. The Morgan fingerprint density at radius 2 is 1.52 bits per heavy atom. The zero-order chi connectivity index (χ0) is 15.2. The standard InChI is InChI=1S/C18H23NO2/c1-5-19(6-2)15-12-13-16(20-3)17(18(15)21-4)14-10-8-7-9-11-14/h7-13H,5-6H2,1-4H3. The molecule has 21 heavy (non-hydrogen) atoms. The fourth-order valence-corrected chi connectivity index (χ4v) is 2.62. The molecule has 0 radical (unpaired) electrons. The van der Waals surface area contributed by atoms with Gasteiger partial charge < -0.3 is 14.4 Å². The van der Waals surface area contributed by atoms with Gasteiger partial charge in [-0.3, -0.25) is 0 Å². The van der Waals surface area contributed by atoms with Gasteiger partial charge in [-0.1, -0.05) is 30.3 Å². The van der Waals surface area contributed by atoms with Crippen LogP contribution in [-0.2, 0) is 0 Å². The SMILES string of the molecule is CCN(CC)c1ccc(OC)c(-c2ccccc2)c1OC. The summed E-state index contributed by atoms with van der Waals surface area (Å²) < 4.78 is 11.3. The van der Waals surface area contributed by atoms with Crippen molar-refractivity contribution in [1.29, 1.82) is 0 Å². The number of benzene rings is 2. The molecule has 0 heterocycles. The van der Waals surface area contributed by atoms with Crippen LogP contribution in [0.5, 0.6) is 11.5 Å².